The smallest absolute Gasteiger partial charge is 0.125 e. The number of hydrazine groups is 1. The molecule has 3 atom stereocenters. The zero-order valence-corrected chi connectivity index (χ0v) is 8.36. The molecule has 0 radical (unpaired) electrons. The molecule has 1 aliphatic heterocycles. The average Bonchev–Trinajstić information content (AvgIpc) is 2.48. The Hall–Kier alpha value is -1.04. The fourth-order valence-electron chi connectivity index (χ4n) is 1.65. The maximum atomic E-state index is 5.83. The summed E-state index contributed by atoms with van der Waals surface area (Å²) >= 11 is 0. The van der Waals surface area contributed by atoms with Crippen LogP contribution < -0.4 is 16.6 Å². The zero-order chi connectivity index (χ0) is 10.1. The van der Waals surface area contributed by atoms with Crippen molar-refractivity contribution in [1.29, 1.82) is 0 Å². The fourth-order valence-corrected chi connectivity index (χ4v) is 1.65. The lowest BCUT2D eigenvalue weighted by Gasteiger charge is -2.15. The molecule has 0 amide bonds. The maximum absolute atomic E-state index is 5.83. The number of nitrogens with two attached hydrogens (primary N) is 1. The lowest BCUT2D eigenvalue weighted by Crippen LogP contribution is -2.38. The van der Waals surface area contributed by atoms with Crippen LogP contribution in [0.2, 0.25) is 0 Å². The molecule has 1 saturated heterocycles. The van der Waals surface area contributed by atoms with Gasteiger partial charge in [-0.15, -0.1) is 0 Å². The van der Waals surface area contributed by atoms with Crippen LogP contribution in [-0.2, 0) is 0 Å². The van der Waals surface area contributed by atoms with Crippen molar-refractivity contribution in [2.24, 2.45) is 11.7 Å². The number of hydrogen-bond donors (Lipinski definition) is 3. The molecular formula is C9H15N5. The Kier molecular flexibility index (Phi) is 2.45. The summed E-state index contributed by atoms with van der Waals surface area (Å²) in [6.45, 7) is 3.98. The molecule has 76 valence electrons. The molecule has 0 bridgehead atoms. The molecule has 0 aromatic carbocycles. The summed E-state index contributed by atoms with van der Waals surface area (Å²) in [4.78, 5) is 8.44. The Labute approximate surface area is 83.1 Å². The molecule has 1 fully saturated rings. The molecule has 5 heteroatoms. The van der Waals surface area contributed by atoms with Crippen LogP contribution in [0.15, 0.2) is 12.3 Å². The Morgan fingerprint density at radius 2 is 2.21 bits per heavy atom. The molecule has 0 saturated carbocycles. The normalized spacial score (nSPS) is 32.1. The van der Waals surface area contributed by atoms with Gasteiger partial charge in [0.2, 0.25) is 0 Å². The molecule has 2 heterocycles. The Morgan fingerprint density at radius 3 is 2.79 bits per heavy atom. The van der Waals surface area contributed by atoms with Gasteiger partial charge in [0.15, 0.2) is 0 Å². The van der Waals surface area contributed by atoms with Gasteiger partial charge in [0, 0.05) is 12.1 Å². The molecular weight excluding hydrogens is 178 g/mol. The highest BCUT2D eigenvalue weighted by atomic mass is 15.5. The predicted molar refractivity (Wildman–Crippen MR) is 52.9 cm³/mol. The summed E-state index contributed by atoms with van der Waals surface area (Å²) in [5.41, 5.74) is 13.0. The molecule has 1 aliphatic rings. The second-order valence-corrected chi connectivity index (χ2v) is 3.68. The van der Waals surface area contributed by atoms with Gasteiger partial charge in [-0.05, 0) is 13.0 Å². The van der Waals surface area contributed by atoms with E-state index in [1.807, 2.05) is 13.0 Å². The first-order valence-corrected chi connectivity index (χ1v) is 4.74. The van der Waals surface area contributed by atoms with Gasteiger partial charge in [-0.1, -0.05) is 6.92 Å². The molecule has 4 N–H and O–H groups in total. The summed E-state index contributed by atoms with van der Waals surface area (Å²) in [5.74, 6) is 1.11. The third kappa shape index (κ3) is 1.61. The molecule has 0 spiro atoms. The molecule has 2 rings (SSSR count). The lowest BCUT2D eigenvalue weighted by atomic mass is 9.99. The van der Waals surface area contributed by atoms with E-state index in [0.29, 0.717) is 5.92 Å². The molecule has 3 unspecified atom stereocenters. The summed E-state index contributed by atoms with van der Waals surface area (Å²) in [6.07, 6.45) is 1.76. The fraction of sp³-hybridized carbons (Fsp3) is 0.556. The quantitative estimate of drug-likeness (QED) is 0.578. The van der Waals surface area contributed by atoms with E-state index in [2.05, 4.69) is 27.7 Å². The van der Waals surface area contributed by atoms with Gasteiger partial charge in [0.1, 0.15) is 5.82 Å². The van der Waals surface area contributed by atoms with E-state index >= 15 is 0 Å². The maximum Gasteiger partial charge on any atom is 0.125 e. The number of nitrogens with one attached hydrogen (secondary N) is 2. The van der Waals surface area contributed by atoms with Crippen LogP contribution in [0.4, 0.5) is 0 Å². The van der Waals surface area contributed by atoms with E-state index < -0.39 is 0 Å². The number of hydrogen-bond acceptors (Lipinski definition) is 5. The van der Waals surface area contributed by atoms with Crippen LogP contribution in [0.5, 0.6) is 0 Å². The van der Waals surface area contributed by atoms with Crippen molar-refractivity contribution < 1.29 is 0 Å². The van der Waals surface area contributed by atoms with Crippen molar-refractivity contribution in [1.82, 2.24) is 20.8 Å². The van der Waals surface area contributed by atoms with Gasteiger partial charge in [-0.2, -0.15) is 0 Å². The Bertz CT molecular complexity index is 327. The van der Waals surface area contributed by atoms with E-state index in [0.717, 1.165) is 11.5 Å². The number of aryl methyl sites for hydroxylation is 1. The van der Waals surface area contributed by atoms with Crippen molar-refractivity contribution in [2.75, 3.05) is 0 Å². The van der Waals surface area contributed by atoms with Crippen LogP contribution in [0, 0.1) is 12.8 Å². The first kappa shape index (κ1) is 9.51. The van der Waals surface area contributed by atoms with E-state index in [4.69, 9.17) is 5.73 Å². The van der Waals surface area contributed by atoms with E-state index in [-0.39, 0.29) is 12.2 Å². The predicted octanol–water partition coefficient (Wildman–Crippen LogP) is -0.145. The van der Waals surface area contributed by atoms with Crippen molar-refractivity contribution in [3.63, 3.8) is 0 Å². The van der Waals surface area contributed by atoms with Crippen LogP contribution >= 0.6 is 0 Å². The van der Waals surface area contributed by atoms with Crippen molar-refractivity contribution in [3.8, 4) is 0 Å². The highest BCUT2D eigenvalue weighted by Crippen LogP contribution is 2.24. The van der Waals surface area contributed by atoms with E-state index in [1.165, 1.54) is 0 Å². The second kappa shape index (κ2) is 3.61. The highest BCUT2D eigenvalue weighted by Gasteiger charge is 2.31. The number of aromatic nitrogens is 2. The second-order valence-electron chi connectivity index (χ2n) is 3.68. The van der Waals surface area contributed by atoms with Crippen LogP contribution in [0.3, 0.4) is 0 Å². The summed E-state index contributed by atoms with van der Waals surface area (Å²) in [6, 6.07) is 2.09. The topological polar surface area (TPSA) is 75.9 Å². The van der Waals surface area contributed by atoms with Gasteiger partial charge in [0.05, 0.1) is 17.9 Å². The monoisotopic (exact) mass is 193 g/mol. The Balaban J connectivity index is 2.23. The largest absolute Gasteiger partial charge is 0.315 e. The van der Waals surface area contributed by atoms with Gasteiger partial charge in [-0.25, -0.2) is 20.8 Å². The van der Waals surface area contributed by atoms with Crippen LogP contribution in [0.1, 0.15) is 24.5 Å². The highest BCUT2D eigenvalue weighted by molar-refractivity contribution is 5.10. The van der Waals surface area contributed by atoms with Gasteiger partial charge in [0.25, 0.3) is 0 Å². The number of nitrogens with zero attached hydrogens (tertiary/aromatic N) is 2. The average molecular weight is 193 g/mol. The molecule has 1 aromatic heterocycles. The third-order valence-corrected chi connectivity index (χ3v) is 2.61. The summed E-state index contributed by atoms with van der Waals surface area (Å²) in [7, 11) is 0. The Morgan fingerprint density at radius 1 is 1.43 bits per heavy atom. The third-order valence-electron chi connectivity index (χ3n) is 2.61. The van der Waals surface area contributed by atoms with E-state index in [9.17, 15) is 0 Å². The van der Waals surface area contributed by atoms with Crippen molar-refractivity contribution >= 4 is 0 Å². The van der Waals surface area contributed by atoms with Gasteiger partial charge >= 0.3 is 0 Å². The SMILES string of the molecule is Cc1nccc(C2NNC(N)C2C)n1. The minimum absolute atomic E-state index is 0.0183. The van der Waals surface area contributed by atoms with Gasteiger partial charge in [-0.3, -0.25) is 0 Å². The van der Waals surface area contributed by atoms with Crippen LogP contribution in [-0.4, -0.2) is 16.1 Å². The number of rotatable bonds is 1. The molecule has 5 nitrogen and oxygen atoms in total. The van der Waals surface area contributed by atoms with Crippen molar-refractivity contribution in [3.05, 3.63) is 23.8 Å². The molecule has 0 aliphatic carbocycles. The summed E-state index contributed by atoms with van der Waals surface area (Å²) < 4.78 is 0. The zero-order valence-electron chi connectivity index (χ0n) is 8.36. The standard InChI is InChI=1S/C9H15N5/c1-5-8(13-14-9(5)10)7-3-4-11-6(2)12-7/h3-5,8-9,13-14H,10H2,1-2H3. The van der Waals surface area contributed by atoms with Gasteiger partial charge < -0.3 is 5.73 Å². The molecule has 1 aromatic rings. The summed E-state index contributed by atoms with van der Waals surface area (Å²) in [5, 5.41) is 0. The first-order valence-electron chi connectivity index (χ1n) is 4.74. The minimum Gasteiger partial charge on any atom is -0.315 e. The van der Waals surface area contributed by atoms with Crippen LogP contribution in [0.25, 0.3) is 0 Å². The first-order chi connectivity index (χ1) is 6.68. The minimum atomic E-state index is -0.0183. The molecule has 14 heavy (non-hydrogen) atoms. The van der Waals surface area contributed by atoms with Crippen molar-refractivity contribution in [2.45, 2.75) is 26.1 Å². The lowest BCUT2D eigenvalue weighted by molar-refractivity contribution is 0.455. The van der Waals surface area contributed by atoms with E-state index in [1.54, 1.807) is 6.20 Å².